The van der Waals surface area contributed by atoms with Crippen LogP contribution in [0.4, 0.5) is 15.8 Å². The minimum absolute atomic E-state index is 0.190. The molecule has 1 heterocycles. The third-order valence-electron chi connectivity index (χ3n) is 3.26. The Kier molecular flexibility index (Phi) is 3.82. The monoisotopic (exact) mass is 302 g/mol. The van der Waals surface area contributed by atoms with Gasteiger partial charge in [0.05, 0.1) is 0 Å². The highest BCUT2D eigenvalue weighted by Crippen LogP contribution is 2.34. The van der Waals surface area contributed by atoms with Crippen molar-refractivity contribution in [1.82, 2.24) is 0 Å². The van der Waals surface area contributed by atoms with Gasteiger partial charge < -0.3 is 20.1 Å². The first kappa shape index (κ1) is 14.2. The number of ether oxygens (including phenoxy) is 2. The summed E-state index contributed by atoms with van der Waals surface area (Å²) in [4.78, 5) is 12.2. The molecule has 22 heavy (non-hydrogen) atoms. The van der Waals surface area contributed by atoms with E-state index in [0.29, 0.717) is 22.9 Å². The van der Waals surface area contributed by atoms with E-state index >= 15 is 0 Å². The van der Waals surface area contributed by atoms with Gasteiger partial charge in [-0.05, 0) is 43.3 Å². The Morgan fingerprint density at radius 2 is 1.77 bits per heavy atom. The number of carbonyl (C=O) groups excluding carboxylic acids is 1. The van der Waals surface area contributed by atoms with E-state index in [1.165, 1.54) is 12.1 Å². The zero-order valence-electron chi connectivity index (χ0n) is 11.9. The van der Waals surface area contributed by atoms with E-state index in [2.05, 4.69) is 10.6 Å². The van der Waals surface area contributed by atoms with Gasteiger partial charge in [-0.25, -0.2) is 4.39 Å². The van der Waals surface area contributed by atoms with E-state index in [1.54, 1.807) is 37.3 Å². The fourth-order valence-electron chi connectivity index (χ4n) is 2.09. The normalized spacial score (nSPS) is 13.5. The molecule has 1 atom stereocenters. The third-order valence-corrected chi connectivity index (χ3v) is 3.26. The first-order chi connectivity index (χ1) is 10.6. The lowest BCUT2D eigenvalue weighted by molar-refractivity contribution is -0.116. The second-order valence-corrected chi connectivity index (χ2v) is 4.93. The van der Waals surface area contributed by atoms with Gasteiger partial charge in [0.15, 0.2) is 11.5 Å². The van der Waals surface area contributed by atoms with Crippen molar-refractivity contribution in [3.05, 3.63) is 48.3 Å². The third kappa shape index (κ3) is 3.11. The summed E-state index contributed by atoms with van der Waals surface area (Å²) in [5.74, 6) is 0.749. The number of halogens is 1. The Balaban J connectivity index is 1.62. The molecule has 2 N–H and O–H groups in total. The molecule has 0 radical (unpaired) electrons. The lowest BCUT2D eigenvalue weighted by Gasteiger charge is -2.15. The van der Waals surface area contributed by atoms with Crippen LogP contribution in [0.1, 0.15) is 6.92 Å². The van der Waals surface area contributed by atoms with Crippen molar-refractivity contribution in [3.63, 3.8) is 0 Å². The molecule has 0 unspecified atom stereocenters. The van der Waals surface area contributed by atoms with Gasteiger partial charge in [0, 0.05) is 17.4 Å². The maximum atomic E-state index is 12.9. The number of benzene rings is 2. The quantitative estimate of drug-likeness (QED) is 0.911. The number of nitrogens with one attached hydrogen (secondary N) is 2. The molecular formula is C16H15FN2O3. The number of anilines is 2. The van der Waals surface area contributed by atoms with Crippen LogP contribution in [0.3, 0.4) is 0 Å². The molecule has 0 aromatic heterocycles. The van der Waals surface area contributed by atoms with Crippen molar-refractivity contribution >= 4 is 17.3 Å². The Hall–Kier alpha value is -2.76. The van der Waals surface area contributed by atoms with Crippen molar-refractivity contribution in [2.24, 2.45) is 0 Å². The molecule has 0 saturated heterocycles. The van der Waals surface area contributed by atoms with Gasteiger partial charge in [0.1, 0.15) is 11.9 Å². The number of hydrogen-bond acceptors (Lipinski definition) is 4. The molecule has 2 aromatic carbocycles. The van der Waals surface area contributed by atoms with Crippen LogP contribution >= 0.6 is 0 Å². The van der Waals surface area contributed by atoms with Crippen LogP contribution in [-0.4, -0.2) is 18.7 Å². The van der Waals surface area contributed by atoms with Crippen LogP contribution in [0.2, 0.25) is 0 Å². The number of hydrogen-bond donors (Lipinski definition) is 2. The fraction of sp³-hybridized carbons (Fsp3) is 0.188. The molecule has 0 spiro atoms. The number of rotatable bonds is 4. The van der Waals surface area contributed by atoms with Crippen LogP contribution in [-0.2, 0) is 4.79 Å². The van der Waals surface area contributed by atoms with E-state index < -0.39 is 6.04 Å². The molecule has 1 aliphatic rings. The highest BCUT2D eigenvalue weighted by Gasteiger charge is 2.16. The standard InChI is InChI=1S/C16H15FN2O3/c1-10(18-12-4-2-11(17)3-5-12)16(20)19-13-6-7-14-15(8-13)22-9-21-14/h2-8,10,18H,9H2,1H3,(H,19,20)/t10-/m0/s1. The SMILES string of the molecule is C[C@H](Nc1ccc(F)cc1)C(=O)Nc1ccc2c(c1)OCO2. The summed E-state index contributed by atoms with van der Waals surface area (Å²) in [6.07, 6.45) is 0. The van der Waals surface area contributed by atoms with E-state index in [9.17, 15) is 9.18 Å². The second kappa shape index (κ2) is 5.93. The molecule has 1 amide bonds. The molecule has 0 saturated carbocycles. The lowest BCUT2D eigenvalue weighted by atomic mass is 10.2. The zero-order valence-corrected chi connectivity index (χ0v) is 11.9. The molecule has 0 aliphatic carbocycles. The van der Waals surface area contributed by atoms with Crippen molar-refractivity contribution in [1.29, 1.82) is 0 Å². The van der Waals surface area contributed by atoms with Gasteiger partial charge in [-0.2, -0.15) is 0 Å². The maximum absolute atomic E-state index is 12.9. The largest absolute Gasteiger partial charge is 0.454 e. The molecule has 6 heteroatoms. The van der Waals surface area contributed by atoms with E-state index in [4.69, 9.17) is 9.47 Å². The minimum Gasteiger partial charge on any atom is -0.454 e. The smallest absolute Gasteiger partial charge is 0.246 e. The van der Waals surface area contributed by atoms with Gasteiger partial charge in [-0.15, -0.1) is 0 Å². The summed E-state index contributed by atoms with van der Waals surface area (Å²) in [5, 5.41) is 5.80. The summed E-state index contributed by atoms with van der Waals surface area (Å²) in [5.41, 5.74) is 1.30. The van der Waals surface area contributed by atoms with Crippen molar-refractivity contribution in [2.75, 3.05) is 17.4 Å². The van der Waals surface area contributed by atoms with Crippen molar-refractivity contribution in [3.8, 4) is 11.5 Å². The summed E-state index contributed by atoms with van der Waals surface area (Å²) < 4.78 is 23.3. The molecule has 0 bridgehead atoms. The van der Waals surface area contributed by atoms with E-state index in [0.717, 1.165) is 0 Å². The lowest BCUT2D eigenvalue weighted by Crippen LogP contribution is -2.31. The van der Waals surface area contributed by atoms with Crippen LogP contribution in [0, 0.1) is 5.82 Å². The highest BCUT2D eigenvalue weighted by atomic mass is 19.1. The Morgan fingerprint density at radius 3 is 2.55 bits per heavy atom. The predicted molar refractivity (Wildman–Crippen MR) is 80.7 cm³/mol. The van der Waals surface area contributed by atoms with Crippen molar-refractivity contribution in [2.45, 2.75) is 13.0 Å². The molecule has 0 fully saturated rings. The zero-order chi connectivity index (χ0) is 15.5. The number of fused-ring (bicyclic) bond motifs is 1. The van der Waals surface area contributed by atoms with Gasteiger partial charge in [0.2, 0.25) is 12.7 Å². The molecule has 3 rings (SSSR count). The Morgan fingerprint density at radius 1 is 1.09 bits per heavy atom. The van der Waals surface area contributed by atoms with Crippen LogP contribution in [0.15, 0.2) is 42.5 Å². The number of carbonyl (C=O) groups is 1. The summed E-state index contributed by atoms with van der Waals surface area (Å²) in [6.45, 7) is 1.92. The predicted octanol–water partition coefficient (Wildman–Crippen LogP) is 2.99. The second-order valence-electron chi connectivity index (χ2n) is 4.93. The average molecular weight is 302 g/mol. The summed E-state index contributed by atoms with van der Waals surface area (Å²) >= 11 is 0. The first-order valence-corrected chi connectivity index (χ1v) is 6.84. The van der Waals surface area contributed by atoms with Crippen molar-refractivity contribution < 1.29 is 18.7 Å². The van der Waals surface area contributed by atoms with Crippen LogP contribution in [0.25, 0.3) is 0 Å². The van der Waals surface area contributed by atoms with E-state index in [-0.39, 0.29) is 18.5 Å². The molecular weight excluding hydrogens is 287 g/mol. The number of amides is 1. The Bertz CT molecular complexity index is 688. The molecule has 1 aliphatic heterocycles. The molecule has 114 valence electrons. The van der Waals surface area contributed by atoms with Crippen LogP contribution in [0.5, 0.6) is 11.5 Å². The van der Waals surface area contributed by atoms with Gasteiger partial charge in [0.25, 0.3) is 0 Å². The Labute approximate surface area is 127 Å². The highest BCUT2D eigenvalue weighted by molar-refractivity contribution is 5.96. The first-order valence-electron chi connectivity index (χ1n) is 6.84. The van der Waals surface area contributed by atoms with Gasteiger partial charge in [-0.1, -0.05) is 0 Å². The van der Waals surface area contributed by atoms with E-state index in [1.807, 2.05) is 0 Å². The van der Waals surface area contributed by atoms with Gasteiger partial charge in [-0.3, -0.25) is 4.79 Å². The fourth-order valence-corrected chi connectivity index (χ4v) is 2.09. The topological polar surface area (TPSA) is 59.6 Å². The summed E-state index contributed by atoms with van der Waals surface area (Å²) in [7, 11) is 0. The maximum Gasteiger partial charge on any atom is 0.246 e. The average Bonchev–Trinajstić information content (AvgIpc) is 2.97. The van der Waals surface area contributed by atoms with Crippen LogP contribution < -0.4 is 20.1 Å². The minimum atomic E-state index is -0.476. The van der Waals surface area contributed by atoms with Gasteiger partial charge >= 0.3 is 0 Å². The molecule has 5 nitrogen and oxygen atoms in total. The molecule has 2 aromatic rings. The summed E-state index contributed by atoms with van der Waals surface area (Å²) in [6, 6.07) is 10.6.